The highest BCUT2D eigenvalue weighted by atomic mass is 16.6. The number of hydrogen-bond acceptors (Lipinski definition) is 12. The van der Waals surface area contributed by atoms with Crippen molar-refractivity contribution in [3.63, 3.8) is 0 Å². The molecule has 0 spiro atoms. The molecule has 3 heterocycles. The Morgan fingerprint density at radius 3 is 2.45 bits per heavy atom. The summed E-state index contributed by atoms with van der Waals surface area (Å²) in [6.45, 7) is 10.3. The summed E-state index contributed by atoms with van der Waals surface area (Å²) in [4.78, 5) is 56.9. The first-order valence-electron chi connectivity index (χ1n) is 17.1. The van der Waals surface area contributed by atoms with Gasteiger partial charge in [0.25, 0.3) is 0 Å². The molecule has 0 amide bonds. The molecule has 51 heavy (non-hydrogen) atoms. The van der Waals surface area contributed by atoms with E-state index in [1.54, 1.807) is 45.2 Å². The van der Waals surface area contributed by atoms with E-state index in [-0.39, 0.29) is 35.7 Å². The molecule has 1 aliphatic heterocycles. The Bertz CT molecular complexity index is 1940. The Kier molecular flexibility index (Phi) is 9.31. The third kappa shape index (κ3) is 6.18. The van der Waals surface area contributed by atoms with E-state index in [1.807, 2.05) is 19.9 Å². The number of aromatic nitrogens is 1. The lowest BCUT2D eigenvalue weighted by Gasteiger charge is -2.66. The average molecular weight is 699 g/mol. The number of carbonyl (C=O) groups excluding carboxylic acids is 3. The summed E-state index contributed by atoms with van der Waals surface area (Å²) in [5, 5.41) is 21.6. The van der Waals surface area contributed by atoms with Gasteiger partial charge in [-0.05, 0) is 73.9 Å². The maximum atomic E-state index is 13.8. The van der Waals surface area contributed by atoms with Gasteiger partial charge in [-0.2, -0.15) is 5.26 Å². The number of esters is 3. The molecule has 2 aromatic heterocycles. The van der Waals surface area contributed by atoms with Crippen LogP contribution in [0.15, 0.2) is 64.1 Å². The second-order valence-corrected chi connectivity index (χ2v) is 14.9. The quantitative estimate of drug-likeness (QED) is 0.241. The largest absolute Gasteiger partial charge is 0.482 e. The first-order chi connectivity index (χ1) is 24.1. The molecular weight excluding hydrogens is 656 g/mol. The number of nitrogens with zero attached hydrogens (tertiary/aromatic N) is 2. The smallest absolute Gasteiger partial charge is 0.345 e. The summed E-state index contributed by atoms with van der Waals surface area (Å²) < 4.78 is 30.6. The molecule has 0 radical (unpaired) electrons. The van der Waals surface area contributed by atoms with Crippen LogP contribution in [-0.4, -0.2) is 52.4 Å². The Balaban J connectivity index is 1.49. The molecule has 1 aromatic carbocycles. The van der Waals surface area contributed by atoms with Crippen molar-refractivity contribution >= 4 is 17.9 Å². The normalized spacial score (nSPS) is 30.8. The van der Waals surface area contributed by atoms with Crippen LogP contribution in [0.1, 0.15) is 88.4 Å². The minimum absolute atomic E-state index is 0.0563. The molecule has 2 aliphatic carbocycles. The summed E-state index contributed by atoms with van der Waals surface area (Å²) in [7, 11) is 0. The fraction of sp³-hybridized carbons (Fsp3) is 0.487. The van der Waals surface area contributed by atoms with Gasteiger partial charge in [-0.15, -0.1) is 0 Å². The number of rotatable bonds is 7. The van der Waals surface area contributed by atoms with Gasteiger partial charge in [-0.3, -0.25) is 14.6 Å². The summed E-state index contributed by atoms with van der Waals surface area (Å²) in [5.41, 5.74) is -2.95. The second kappa shape index (κ2) is 13.3. The lowest BCUT2D eigenvalue weighted by molar-refractivity contribution is -0.267. The number of benzene rings is 1. The van der Waals surface area contributed by atoms with E-state index in [0.717, 1.165) is 0 Å². The Hall–Kier alpha value is -5.02. The van der Waals surface area contributed by atoms with E-state index in [9.17, 15) is 29.5 Å². The van der Waals surface area contributed by atoms with Crippen LogP contribution >= 0.6 is 0 Å². The molecule has 2 fully saturated rings. The van der Waals surface area contributed by atoms with Gasteiger partial charge < -0.3 is 28.5 Å². The molecule has 3 aliphatic rings. The van der Waals surface area contributed by atoms with Gasteiger partial charge in [0.05, 0.1) is 29.2 Å². The van der Waals surface area contributed by atoms with E-state index in [0.29, 0.717) is 24.0 Å². The highest BCUT2D eigenvalue weighted by molar-refractivity contribution is 5.89. The number of aliphatic hydroxyl groups excluding tert-OH is 1. The van der Waals surface area contributed by atoms with Crippen LogP contribution in [0.4, 0.5) is 0 Å². The molecule has 1 N–H and O–H groups in total. The first kappa shape index (κ1) is 35.8. The molecule has 0 unspecified atom stereocenters. The predicted octanol–water partition coefficient (Wildman–Crippen LogP) is 5.56. The third-order valence-electron chi connectivity index (χ3n) is 11.3. The molecule has 12 nitrogen and oxygen atoms in total. The van der Waals surface area contributed by atoms with Crippen molar-refractivity contribution < 1.29 is 42.9 Å². The zero-order valence-corrected chi connectivity index (χ0v) is 29.5. The van der Waals surface area contributed by atoms with E-state index >= 15 is 0 Å². The molecular formula is C39H42N2O10. The number of pyridine rings is 1. The molecule has 8 atom stereocenters. The number of aliphatic hydroxyl groups is 1. The van der Waals surface area contributed by atoms with Gasteiger partial charge in [0, 0.05) is 42.3 Å². The van der Waals surface area contributed by atoms with Gasteiger partial charge in [-0.1, -0.05) is 27.7 Å². The van der Waals surface area contributed by atoms with Crippen LogP contribution in [0.25, 0.3) is 11.3 Å². The first-order valence-corrected chi connectivity index (χ1v) is 17.1. The van der Waals surface area contributed by atoms with Crippen LogP contribution < -0.4 is 10.4 Å². The van der Waals surface area contributed by atoms with Crippen molar-refractivity contribution in [1.82, 2.24) is 4.98 Å². The van der Waals surface area contributed by atoms with E-state index < -0.39 is 76.0 Å². The highest BCUT2D eigenvalue weighted by Crippen LogP contribution is 2.67. The minimum Gasteiger partial charge on any atom is -0.482 e. The highest BCUT2D eigenvalue weighted by Gasteiger charge is 2.71. The number of nitriles is 1. The number of fused-ring (bicyclic) bond motifs is 4. The number of hydrogen-bond donors (Lipinski definition) is 1. The lowest BCUT2D eigenvalue weighted by Crippen LogP contribution is -2.71. The molecule has 0 bridgehead atoms. The summed E-state index contributed by atoms with van der Waals surface area (Å²) in [5.74, 6) is -3.05. The van der Waals surface area contributed by atoms with E-state index in [4.69, 9.17) is 23.4 Å². The topological polar surface area (TPSA) is 175 Å². The minimum atomic E-state index is -1.42. The van der Waals surface area contributed by atoms with Crippen molar-refractivity contribution in [2.75, 3.05) is 6.61 Å². The molecule has 0 saturated heterocycles. The molecule has 6 rings (SSSR count). The monoisotopic (exact) mass is 698 g/mol. The van der Waals surface area contributed by atoms with Crippen LogP contribution in [0.5, 0.6) is 5.75 Å². The van der Waals surface area contributed by atoms with Gasteiger partial charge in [-0.25, -0.2) is 9.59 Å². The zero-order chi connectivity index (χ0) is 36.9. The third-order valence-corrected chi connectivity index (χ3v) is 11.3. The maximum Gasteiger partial charge on any atom is 0.345 e. The van der Waals surface area contributed by atoms with Crippen molar-refractivity contribution in [2.45, 2.75) is 84.7 Å². The Morgan fingerprint density at radius 1 is 1.10 bits per heavy atom. The Labute approximate surface area is 295 Å². The van der Waals surface area contributed by atoms with Crippen molar-refractivity contribution in [3.05, 3.63) is 82.0 Å². The van der Waals surface area contributed by atoms with Gasteiger partial charge in [0.2, 0.25) is 0 Å². The van der Waals surface area contributed by atoms with Crippen LogP contribution in [-0.2, 0) is 23.8 Å². The van der Waals surface area contributed by atoms with Gasteiger partial charge in [0.1, 0.15) is 41.5 Å². The molecule has 12 heteroatoms. The molecule has 3 aromatic rings. The second-order valence-electron chi connectivity index (χ2n) is 14.9. The van der Waals surface area contributed by atoms with Crippen LogP contribution in [0, 0.1) is 39.9 Å². The molecule has 268 valence electrons. The van der Waals surface area contributed by atoms with Crippen molar-refractivity contribution in [1.29, 1.82) is 5.26 Å². The summed E-state index contributed by atoms with van der Waals surface area (Å²) >= 11 is 0. The van der Waals surface area contributed by atoms with E-state index in [1.165, 1.54) is 37.4 Å². The fourth-order valence-corrected chi connectivity index (χ4v) is 8.85. The molecule has 2 saturated carbocycles. The average Bonchev–Trinajstić information content (AvgIpc) is 3.09. The lowest BCUT2D eigenvalue weighted by atomic mass is 9.42. The SMILES string of the molecule is CC(=O)O[C@H]1CC[C@@]2(C)[C@@H](C[C@H](OC(=O)c3ccc(C#N)cc3)[C@@]3(C)Oc4cc(-c5cccnc5)oc(=O)c4[C@H](O)[C@H]23)[C@]1(C)COC(=O)C(C)C. The van der Waals surface area contributed by atoms with E-state index in [2.05, 4.69) is 4.98 Å². The number of ether oxygens (including phenoxy) is 4. The predicted molar refractivity (Wildman–Crippen MR) is 181 cm³/mol. The number of carbonyl (C=O) groups is 3. The maximum absolute atomic E-state index is 13.8. The Morgan fingerprint density at radius 2 is 1.82 bits per heavy atom. The van der Waals surface area contributed by atoms with Crippen molar-refractivity contribution in [3.8, 4) is 23.1 Å². The van der Waals surface area contributed by atoms with Gasteiger partial charge in [0.15, 0.2) is 0 Å². The standard InChI is InChI=1S/C39H42N2O10/c1-21(2)34(44)47-20-38(5)28-17-30(50-35(45)24-11-9-23(18-40)10-12-24)39(6)33(37(28,4)14-13-29(38)48-22(3)42)32(43)31-27(51-39)16-26(49-36(31)46)25-8-7-15-41-19-25/h7-12,15-16,19,21,28-30,32-33,43H,13-14,17,20H2,1-6H3/t28-,29+,30+,32+,33-,37+,38+,39-/m1/s1. The van der Waals surface area contributed by atoms with Gasteiger partial charge >= 0.3 is 23.5 Å². The van der Waals surface area contributed by atoms with Crippen LogP contribution in [0.3, 0.4) is 0 Å². The zero-order valence-electron chi connectivity index (χ0n) is 29.5. The summed E-state index contributed by atoms with van der Waals surface area (Å²) in [6, 6.07) is 13.0. The van der Waals surface area contributed by atoms with Crippen LogP contribution in [0.2, 0.25) is 0 Å². The summed E-state index contributed by atoms with van der Waals surface area (Å²) in [6.07, 6.45) is 1.01. The van der Waals surface area contributed by atoms with Crippen molar-refractivity contribution in [2.24, 2.45) is 28.6 Å². The fourth-order valence-electron chi connectivity index (χ4n) is 8.85.